The van der Waals surface area contributed by atoms with E-state index in [-0.39, 0.29) is 0 Å². The molecule has 5 heteroatoms. The maximum Gasteiger partial charge on any atom is 0.168 e. The first-order valence-electron chi connectivity index (χ1n) is 3.34. The lowest BCUT2D eigenvalue weighted by Gasteiger charge is -1.91. The molecule has 0 amide bonds. The molecule has 0 spiro atoms. The predicted octanol–water partition coefficient (Wildman–Crippen LogP) is 2.30. The molecule has 2 aromatic heterocycles. The van der Waals surface area contributed by atoms with Gasteiger partial charge in [-0.25, -0.2) is 9.50 Å². The van der Waals surface area contributed by atoms with Gasteiger partial charge >= 0.3 is 0 Å². The van der Waals surface area contributed by atoms with Crippen LogP contribution in [0.4, 0.5) is 0 Å². The predicted molar refractivity (Wildman–Crippen MR) is 55.5 cm³/mol. The highest BCUT2D eigenvalue weighted by molar-refractivity contribution is 14.1. The Hall–Kier alpha value is -0.360. The van der Waals surface area contributed by atoms with Gasteiger partial charge in [-0.1, -0.05) is 11.6 Å². The van der Waals surface area contributed by atoms with Crippen LogP contribution in [-0.4, -0.2) is 14.6 Å². The average molecular weight is 293 g/mol. The molecule has 0 fully saturated rings. The molecule has 62 valence electrons. The van der Waals surface area contributed by atoms with Crippen molar-refractivity contribution >= 4 is 39.8 Å². The van der Waals surface area contributed by atoms with E-state index >= 15 is 0 Å². The molecule has 0 bridgehead atoms. The third-order valence-corrected chi connectivity index (χ3v) is 3.00. The second kappa shape index (κ2) is 2.85. The molecule has 0 aliphatic rings. The van der Waals surface area contributed by atoms with Crippen LogP contribution in [0.15, 0.2) is 12.4 Å². The first kappa shape index (κ1) is 8.25. The molecule has 2 heterocycles. The van der Waals surface area contributed by atoms with E-state index in [0.717, 1.165) is 14.9 Å². The fourth-order valence-corrected chi connectivity index (χ4v) is 1.63. The molecule has 0 aromatic carbocycles. The van der Waals surface area contributed by atoms with Gasteiger partial charge in [-0.2, -0.15) is 5.10 Å². The Labute approximate surface area is 87.9 Å². The summed E-state index contributed by atoms with van der Waals surface area (Å²) in [6, 6.07) is 0. The molecule has 0 aliphatic heterocycles. The van der Waals surface area contributed by atoms with Crippen LogP contribution in [0.3, 0.4) is 0 Å². The van der Waals surface area contributed by atoms with E-state index in [4.69, 9.17) is 11.6 Å². The lowest BCUT2D eigenvalue weighted by atomic mass is 10.5. The Kier molecular flexibility index (Phi) is 1.96. The van der Waals surface area contributed by atoms with Crippen molar-refractivity contribution in [2.24, 2.45) is 0 Å². The van der Waals surface area contributed by atoms with E-state index in [9.17, 15) is 0 Å². The molecule has 3 nitrogen and oxygen atoms in total. The normalized spacial score (nSPS) is 10.9. The number of aryl methyl sites for hydroxylation is 1. The molecule has 0 atom stereocenters. The number of rotatable bonds is 0. The smallest absolute Gasteiger partial charge is 0.168 e. The van der Waals surface area contributed by atoms with Gasteiger partial charge in [0.05, 0.1) is 20.5 Å². The maximum absolute atomic E-state index is 5.75. The third-order valence-electron chi connectivity index (χ3n) is 1.54. The fourth-order valence-electron chi connectivity index (χ4n) is 0.994. The highest BCUT2D eigenvalue weighted by Gasteiger charge is 2.06. The minimum Gasteiger partial charge on any atom is -0.235 e. The van der Waals surface area contributed by atoms with E-state index in [0.29, 0.717) is 5.02 Å². The quantitative estimate of drug-likeness (QED) is 0.698. The summed E-state index contributed by atoms with van der Waals surface area (Å²) >= 11 is 7.98. The zero-order valence-corrected chi connectivity index (χ0v) is 9.17. The molecule has 2 rings (SSSR count). The monoisotopic (exact) mass is 293 g/mol. The van der Waals surface area contributed by atoms with Crippen molar-refractivity contribution in [1.82, 2.24) is 14.6 Å². The zero-order valence-electron chi connectivity index (χ0n) is 6.25. The van der Waals surface area contributed by atoms with Gasteiger partial charge in [-0.3, -0.25) is 0 Å². The van der Waals surface area contributed by atoms with Crippen LogP contribution >= 0.6 is 34.2 Å². The first-order chi connectivity index (χ1) is 5.68. The van der Waals surface area contributed by atoms with Crippen LogP contribution < -0.4 is 0 Å². The minimum absolute atomic E-state index is 0.599. The van der Waals surface area contributed by atoms with E-state index < -0.39 is 0 Å². The molecule has 0 radical (unpaired) electrons. The van der Waals surface area contributed by atoms with Crippen LogP contribution in [-0.2, 0) is 0 Å². The zero-order chi connectivity index (χ0) is 8.72. The second-order valence-corrected chi connectivity index (χ2v) is 3.95. The van der Waals surface area contributed by atoms with E-state index in [1.165, 1.54) is 0 Å². The Morgan fingerprint density at radius 1 is 1.58 bits per heavy atom. The standard InChI is InChI=1S/C7H5ClIN3/c1-4-6(9)7-10-2-5(8)3-12(7)11-4/h2-3H,1H3. The van der Waals surface area contributed by atoms with Crippen molar-refractivity contribution in [1.29, 1.82) is 0 Å². The van der Waals surface area contributed by atoms with Crippen LogP contribution in [0.25, 0.3) is 5.65 Å². The minimum atomic E-state index is 0.599. The Bertz CT molecular complexity index is 437. The molecule has 0 saturated heterocycles. The number of halogens is 2. The maximum atomic E-state index is 5.75. The fraction of sp³-hybridized carbons (Fsp3) is 0.143. The van der Waals surface area contributed by atoms with E-state index in [1.807, 2.05) is 6.92 Å². The molecule has 0 saturated carbocycles. The van der Waals surface area contributed by atoms with Crippen LogP contribution in [0.1, 0.15) is 5.69 Å². The van der Waals surface area contributed by atoms with Crippen molar-refractivity contribution in [3.63, 3.8) is 0 Å². The van der Waals surface area contributed by atoms with Gasteiger partial charge in [0.15, 0.2) is 5.65 Å². The van der Waals surface area contributed by atoms with Gasteiger partial charge in [-0.15, -0.1) is 0 Å². The molecule has 0 unspecified atom stereocenters. The van der Waals surface area contributed by atoms with E-state index in [1.54, 1.807) is 16.9 Å². The second-order valence-electron chi connectivity index (χ2n) is 2.44. The highest BCUT2D eigenvalue weighted by atomic mass is 127. The number of hydrogen-bond acceptors (Lipinski definition) is 2. The first-order valence-corrected chi connectivity index (χ1v) is 4.80. The average Bonchev–Trinajstić information content (AvgIpc) is 2.28. The third kappa shape index (κ3) is 1.19. The van der Waals surface area contributed by atoms with E-state index in [2.05, 4.69) is 32.7 Å². The van der Waals surface area contributed by atoms with Crippen molar-refractivity contribution in [2.75, 3.05) is 0 Å². The molecule has 0 N–H and O–H groups in total. The number of aromatic nitrogens is 3. The van der Waals surface area contributed by atoms with Gasteiger partial charge < -0.3 is 0 Å². The summed E-state index contributed by atoms with van der Waals surface area (Å²) in [7, 11) is 0. The van der Waals surface area contributed by atoms with Gasteiger partial charge in [0.2, 0.25) is 0 Å². The summed E-state index contributed by atoms with van der Waals surface area (Å²) in [5.74, 6) is 0. The SMILES string of the molecule is Cc1nn2cc(Cl)cnc2c1I. The van der Waals surface area contributed by atoms with Gasteiger partial charge in [0.25, 0.3) is 0 Å². The Morgan fingerprint density at radius 3 is 3.08 bits per heavy atom. The molecular weight excluding hydrogens is 288 g/mol. The number of fused-ring (bicyclic) bond motifs is 1. The Morgan fingerprint density at radius 2 is 2.33 bits per heavy atom. The van der Waals surface area contributed by atoms with Gasteiger partial charge in [-0.05, 0) is 29.5 Å². The molecule has 12 heavy (non-hydrogen) atoms. The summed E-state index contributed by atoms with van der Waals surface area (Å²) in [6.45, 7) is 1.95. The van der Waals surface area contributed by atoms with Crippen LogP contribution in [0.2, 0.25) is 5.02 Å². The van der Waals surface area contributed by atoms with Crippen molar-refractivity contribution in [3.05, 3.63) is 26.7 Å². The van der Waals surface area contributed by atoms with Crippen molar-refractivity contribution in [2.45, 2.75) is 6.92 Å². The summed E-state index contributed by atoms with van der Waals surface area (Å²) < 4.78 is 2.77. The van der Waals surface area contributed by atoms with Crippen LogP contribution in [0, 0.1) is 10.5 Å². The summed E-state index contributed by atoms with van der Waals surface area (Å²) in [4.78, 5) is 4.16. The topological polar surface area (TPSA) is 30.2 Å². The van der Waals surface area contributed by atoms with Crippen molar-refractivity contribution in [3.8, 4) is 0 Å². The van der Waals surface area contributed by atoms with Gasteiger partial charge in [0, 0.05) is 6.20 Å². The molecule has 0 aliphatic carbocycles. The largest absolute Gasteiger partial charge is 0.235 e. The summed E-state index contributed by atoms with van der Waals surface area (Å²) in [5, 5.41) is 4.83. The van der Waals surface area contributed by atoms with Crippen LogP contribution in [0.5, 0.6) is 0 Å². The number of hydrogen-bond donors (Lipinski definition) is 0. The molecule has 2 aromatic rings. The highest BCUT2D eigenvalue weighted by Crippen LogP contribution is 2.16. The van der Waals surface area contributed by atoms with Crippen molar-refractivity contribution < 1.29 is 0 Å². The Balaban J connectivity index is 2.87. The lowest BCUT2D eigenvalue weighted by Crippen LogP contribution is -1.88. The number of nitrogens with zero attached hydrogens (tertiary/aromatic N) is 3. The molecular formula is C7H5ClIN3. The van der Waals surface area contributed by atoms with Gasteiger partial charge in [0.1, 0.15) is 0 Å². The summed E-state index contributed by atoms with van der Waals surface area (Å²) in [6.07, 6.45) is 3.37. The lowest BCUT2D eigenvalue weighted by molar-refractivity contribution is 0.917. The summed E-state index contributed by atoms with van der Waals surface area (Å²) in [5.41, 5.74) is 1.84.